The first-order chi connectivity index (χ1) is 16.4. The van der Waals surface area contributed by atoms with E-state index in [1.165, 1.54) is 11.6 Å². The summed E-state index contributed by atoms with van der Waals surface area (Å²) in [4.78, 5) is 13.0. The number of hydrogen-bond acceptors (Lipinski definition) is 5. The van der Waals surface area contributed by atoms with Gasteiger partial charge in [-0.2, -0.15) is 18.6 Å². The number of amides is 2. The molecule has 0 aliphatic heterocycles. The molecule has 2 aliphatic carbocycles. The summed E-state index contributed by atoms with van der Waals surface area (Å²) in [5.74, 6) is 0. The van der Waals surface area contributed by atoms with Gasteiger partial charge in [0.1, 0.15) is 0 Å². The number of carbonyl (C=O) groups is 1. The summed E-state index contributed by atoms with van der Waals surface area (Å²) in [6, 6.07) is 8.93. The Kier molecular flexibility index (Phi) is 4.73. The molecule has 174 valence electrons. The zero-order chi connectivity index (χ0) is 23.4. The van der Waals surface area contributed by atoms with Crippen molar-refractivity contribution >= 4 is 27.3 Å². The van der Waals surface area contributed by atoms with E-state index in [4.69, 9.17) is 0 Å². The van der Waals surface area contributed by atoms with E-state index in [1.54, 1.807) is 21.6 Å². The zero-order valence-corrected chi connectivity index (χ0v) is 19.5. The molecule has 2 aliphatic rings. The Morgan fingerprint density at radius 1 is 1.12 bits per heavy atom. The van der Waals surface area contributed by atoms with Gasteiger partial charge in [0, 0.05) is 24.2 Å². The number of anilines is 1. The maximum Gasteiger partial charge on any atom is 0.333 e. The number of rotatable bonds is 5. The van der Waals surface area contributed by atoms with Gasteiger partial charge in [-0.15, -0.1) is 0 Å². The van der Waals surface area contributed by atoms with Crippen LogP contribution in [-0.4, -0.2) is 33.8 Å². The van der Waals surface area contributed by atoms with Crippen LogP contribution in [0.5, 0.6) is 0 Å². The molecule has 1 aromatic carbocycles. The number of pyridine rings is 1. The van der Waals surface area contributed by atoms with Gasteiger partial charge in [0.25, 0.3) is 10.0 Å². The van der Waals surface area contributed by atoms with E-state index in [1.807, 2.05) is 31.3 Å². The zero-order valence-electron chi connectivity index (χ0n) is 18.7. The molecule has 3 aromatic heterocycles. The van der Waals surface area contributed by atoms with Crippen molar-refractivity contribution in [3.63, 3.8) is 0 Å². The summed E-state index contributed by atoms with van der Waals surface area (Å²) in [5, 5.41) is 11.1. The minimum absolute atomic E-state index is 0.157. The van der Waals surface area contributed by atoms with E-state index in [0.717, 1.165) is 59.9 Å². The van der Waals surface area contributed by atoms with Crippen molar-refractivity contribution in [2.75, 3.05) is 5.32 Å². The summed E-state index contributed by atoms with van der Waals surface area (Å²) in [6.45, 7) is 2.01. The highest BCUT2D eigenvalue weighted by atomic mass is 32.2. The third-order valence-electron chi connectivity index (χ3n) is 6.53. The molecule has 0 saturated heterocycles. The summed E-state index contributed by atoms with van der Waals surface area (Å²) < 4.78 is 31.2. The molecule has 0 radical (unpaired) electrons. The molecule has 2 N–H and O–H groups in total. The van der Waals surface area contributed by atoms with Crippen LogP contribution in [0.2, 0.25) is 0 Å². The van der Waals surface area contributed by atoms with Crippen LogP contribution in [0.3, 0.4) is 0 Å². The summed E-state index contributed by atoms with van der Waals surface area (Å²) in [7, 11) is -4.09. The average molecular weight is 477 g/mol. The fourth-order valence-electron chi connectivity index (χ4n) is 4.80. The highest BCUT2D eigenvalue weighted by Crippen LogP contribution is 2.40. The van der Waals surface area contributed by atoms with Gasteiger partial charge >= 0.3 is 6.03 Å². The topological polar surface area (TPSA) is 110 Å². The maximum atomic E-state index is 13.0. The third-order valence-corrected chi connectivity index (χ3v) is 7.75. The molecule has 10 heteroatoms. The molecular formula is C24H24N6O3S. The number of nitrogens with zero attached hydrogens (tertiary/aromatic N) is 4. The van der Waals surface area contributed by atoms with Gasteiger partial charge in [-0.05, 0) is 85.5 Å². The molecule has 6 rings (SSSR count). The molecule has 2 amide bonds. The molecule has 0 unspecified atom stereocenters. The van der Waals surface area contributed by atoms with Crippen molar-refractivity contribution < 1.29 is 13.2 Å². The molecule has 34 heavy (non-hydrogen) atoms. The first kappa shape index (κ1) is 20.9. The van der Waals surface area contributed by atoms with E-state index < -0.39 is 16.1 Å². The highest BCUT2D eigenvalue weighted by Gasteiger charge is 2.28. The monoisotopic (exact) mass is 476 g/mol. The number of carbonyl (C=O) groups excluding carboxylic acids is 1. The average Bonchev–Trinajstić information content (AvgIpc) is 3.19. The number of aromatic nitrogens is 4. The van der Waals surface area contributed by atoms with E-state index in [0.29, 0.717) is 5.69 Å². The van der Waals surface area contributed by atoms with Crippen molar-refractivity contribution in [1.82, 2.24) is 24.1 Å². The van der Waals surface area contributed by atoms with Crippen molar-refractivity contribution in [3.05, 3.63) is 65.6 Å². The quantitative estimate of drug-likeness (QED) is 0.455. The SMILES string of the molecule is Cc1cc2c(c(NC(=O)NS(=O)(=O)c3ccn(C4CC4)n3)c1-c1ccn3nccc3c1)CCC2. The van der Waals surface area contributed by atoms with Gasteiger partial charge in [-0.1, -0.05) is 6.07 Å². The molecule has 0 atom stereocenters. The minimum Gasteiger partial charge on any atom is -0.306 e. The van der Waals surface area contributed by atoms with Crippen molar-refractivity contribution in [3.8, 4) is 11.1 Å². The van der Waals surface area contributed by atoms with Crippen LogP contribution in [0.25, 0.3) is 16.6 Å². The standard InChI is InChI=1S/C24H24N6O3S/c1-15-13-16-3-2-4-20(16)23(22(15)17-8-11-29-19(14-17)7-10-25-29)26-24(31)28-34(32,33)21-9-12-30(27-21)18-5-6-18/h7-14,18H,2-6H2,1H3,(H2,26,28,31). The van der Waals surface area contributed by atoms with Gasteiger partial charge in [-0.3, -0.25) is 4.68 Å². The Labute approximate surface area is 196 Å². The Morgan fingerprint density at radius 3 is 2.79 bits per heavy atom. The third kappa shape index (κ3) is 3.63. The fourth-order valence-corrected chi connectivity index (χ4v) is 5.64. The lowest BCUT2D eigenvalue weighted by atomic mass is 9.93. The van der Waals surface area contributed by atoms with Gasteiger partial charge in [0.05, 0.1) is 17.2 Å². The lowest BCUT2D eigenvalue weighted by Crippen LogP contribution is -2.35. The van der Waals surface area contributed by atoms with E-state index in [2.05, 4.69) is 26.3 Å². The molecule has 9 nitrogen and oxygen atoms in total. The fraction of sp³-hybridized carbons (Fsp3) is 0.292. The molecule has 0 bridgehead atoms. The molecule has 1 fully saturated rings. The van der Waals surface area contributed by atoms with Crippen LogP contribution in [0.15, 0.2) is 53.9 Å². The number of hydrogen-bond donors (Lipinski definition) is 2. The van der Waals surface area contributed by atoms with Crippen LogP contribution in [0.4, 0.5) is 10.5 Å². The number of nitrogens with one attached hydrogen (secondary N) is 2. The first-order valence-corrected chi connectivity index (χ1v) is 12.9. The second-order valence-corrected chi connectivity index (χ2v) is 10.6. The Hall–Kier alpha value is -3.66. The van der Waals surface area contributed by atoms with Gasteiger partial charge in [0.15, 0.2) is 5.03 Å². The second kappa shape index (κ2) is 7.69. The van der Waals surface area contributed by atoms with Crippen molar-refractivity contribution in [2.24, 2.45) is 0 Å². The molecule has 0 spiro atoms. The maximum absolute atomic E-state index is 13.0. The summed E-state index contributed by atoms with van der Waals surface area (Å²) >= 11 is 0. The van der Waals surface area contributed by atoms with Crippen LogP contribution in [0.1, 0.15) is 42.0 Å². The first-order valence-electron chi connectivity index (χ1n) is 11.4. The molecule has 3 heterocycles. The van der Waals surface area contributed by atoms with Crippen LogP contribution in [-0.2, 0) is 22.9 Å². The highest BCUT2D eigenvalue weighted by molar-refractivity contribution is 7.90. The number of aryl methyl sites for hydroxylation is 2. The summed E-state index contributed by atoms with van der Waals surface area (Å²) in [5.41, 5.74) is 6.67. The largest absolute Gasteiger partial charge is 0.333 e. The van der Waals surface area contributed by atoms with Crippen molar-refractivity contribution in [2.45, 2.75) is 50.1 Å². The smallest absolute Gasteiger partial charge is 0.306 e. The number of urea groups is 1. The molecule has 1 saturated carbocycles. The normalized spacial score (nSPS) is 15.4. The van der Waals surface area contributed by atoms with Crippen molar-refractivity contribution in [1.29, 1.82) is 0 Å². The van der Waals surface area contributed by atoms with Gasteiger partial charge < -0.3 is 5.32 Å². The van der Waals surface area contributed by atoms with E-state index >= 15 is 0 Å². The number of sulfonamides is 1. The van der Waals surface area contributed by atoms with E-state index in [9.17, 15) is 13.2 Å². The Morgan fingerprint density at radius 2 is 1.97 bits per heavy atom. The van der Waals surface area contributed by atoms with Gasteiger partial charge in [0.2, 0.25) is 0 Å². The second-order valence-electron chi connectivity index (χ2n) is 8.98. The number of benzene rings is 1. The molecule has 4 aromatic rings. The van der Waals surface area contributed by atoms with Gasteiger partial charge in [-0.25, -0.2) is 14.0 Å². The van der Waals surface area contributed by atoms with Crippen LogP contribution in [0, 0.1) is 6.92 Å². The Bertz CT molecular complexity index is 1550. The minimum atomic E-state index is -4.09. The lowest BCUT2D eigenvalue weighted by molar-refractivity contribution is 0.256. The lowest BCUT2D eigenvalue weighted by Gasteiger charge is -2.19. The Balaban J connectivity index is 1.35. The molecular weight excluding hydrogens is 452 g/mol. The van der Waals surface area contributed by atoms with Crippen LogP contribution < -0.4 is 10.0 Å². The summed E-state index contributed by atoms with van der Waals surface area (Å²) in [6.07, 6.45) is 9.98. The van der Waals surface area contributed by atoms with E-state index in [-0.39, 0.29) is 11.1 Å². The number of fused-ring (bicyclic) bond motifs is 2. The predicted molar refractivity (Wildman–Crippen MR) is 127 cm³/mol. The van der Waals surface area contributed by atoms with Crippen LogP contribution >= 0.6 is 0 Å². The predicted octanol–water partition coefficient (Wildman–Crippen LogP) is 3.84.